The number of nitro benzene ring substituents is 1. The molecule has 1 unspecified atom stereocenters. The summed E-state index contributed by atoms with van der Waals surface area (Å²) >= 11 is 0. The minimum Gasteiger partial charge on any atom is -0.352 e. The molecule has 0 bridgehead atoms. The fourth-order valence-corrected chi connectivity index (χ4v) is 2.63. The van der Waals surface area contributed by atoms with Crippen LogP contribution in [0.4, 0.5) is 5.69 Å². The molecule has 1 aromatic carbocycles. The highest BCUT2D eigenvalue weighted by molar-refractivity contribution is 14.0. The van der Waals surface area contributed by atoms with Crippen LogP contribution in [0.2, 0.25) is 0 Å². The summed E-state index contributed by atoms with van der Waals surface area (Å²) in [6.07, 6.45) is 2.47. The quantitative estimate of drug-likeness (QED) is 0.269. The number of likely N-dealkylation sites (tertiary alicyclic amines) is 1. The fraction of sp³-hybridized carbons (Fsp3) is 0.533. The lowest BCUT2D eigenvalue weighted by molar-refractivity contribution is -0.384. The van der Waals surface area contributed by atoms with E-state index in [1.165, 1.54) is 25.0 Å². The van der Waals surface area contributed by atoms with Crippen molar-refractivity contribution < 1.29 is 4.92 Å². The number of piperidine rings is 1. The molecular formula is C15H23IN4O2. The van der Waals surface area contributed by atoms with Gasteiger partial charge in [-0.25, -0.2) is 0 Å². The summed E-state index contributed by atoms with van der Waals surface area (Å²) in [6.45, 7) is 4.94. The monoisotopic (exact) mass is 418 g/mol. The lowest BCUT2D eigenvalue weighted by atomic mass is 10.0. The molecule has 122 valence electrons. The van der Waals surface area contributed by atoms with Crippen LogP contribution in [-0.4, -0.2) is 35.9 Å². The molecule has 6 nitrogen and oxygen atoms in total. The van der Waals surface area contributed by atoms with Crippen LogP contribution < -0.4 is 5.32 Å². The summed E-state index contributed by atoms with van der Waals surface area (Å²) < 4.78 is 0. The van der Waals surface area contributed by atoms with Gasteiger partial charge in [-0.3, -0.25) is 15.1 Å². The number of nitrogens with one attached hydrogen (secondary N) is 1. The van der Waals surface area contributed by atoms with Crippen molar-refractivity contribution in [2.24, 2.45) is 10.9 Å². The number of non-ortho nitro benzene ring substituents is 1. The van der Waals surface area contributed by atoms with Crippen molar-refractivity contribution >= 4 is 35.6 Å². The molecular weight excluding hydrogens is 395 g/mol. The van der Waals surface area contributed by atoms with Crippen molar-refractivity contribution in [3.05, 3.63) is 39.9 Å². The van der Waals surface area contributed by atoms with Gasteiger partial charge < -0.3 is 10.2 Å². The van der Waals surface area contributed by atoms with E-state index in [0.29, 0.717) is 12.5 Å². The van der Waals surface area contributed by atoms with E-state index < -0.39 is 0 Å². The minimum atomic E-state index is -0.384. The van der Waals surface area contributed by atoms with Crippen molar-refractivity contribution in [2.75, 3.05) is 20.1 Å². The van der Waals surface area contributed by atoms with E-state index in [2.05, 4.69) is 22.1 Å². The molecule has 0 radical (unpaired) electrons. The predicted molar refractivity (Wildman–Crippen MR) is 98.7 cm³/mol. The van der Waals surface area contributed by atoms with Gasteiger partial charge in [-0.15, -0.1) is 24.0 Å². The van der Waals surface area contributed by atoms with Crippen LogP contribution in [0, 0.1) is 16.0 Å². The lowest BCUT2D eigenvalue weighted by Crippen LogP contribution is -2.45. The SMILES string of the molecule is CN=C(NCc1ccc([N+](=O)[O-])cc1)N1CCCC(C)C1.I. The fourth-order valence-electron chi connectivity index (χ4n) is 2.63. The van der Waals surface area contributed by atoms with Crippen LogP contribution in [0.1, 0.15) is 25.3 Å². The molecule has 1 fully saturated rings. The zero-order valence-corrected chi connectivity index (χ0v) is 15.3. The van der Waals surface area contributed by atoms with Gasteiger partial charge in [-0.2, -0.15) is 0 Å². The molecule has 1 heterocycles. The van der Waals surface area contributed by atoms with Gasteiger partial charge in [0.1, 0.15) is 0 Å². The van der Waals surface area contributed by atoms with Gasteiger partial charge >= 0.3 is 0 Å². The topological polar surface area (TPSA) is 70.8 Å². The highest BCUT2D eigenvalue weighted by Gasteiger charge is 2.18. The van der Waals surface area contributed by atoms with E-state index in [1.54, 1.807) is 19.2 Å². The Bertz CT molecular complexity index is 519. The van der Waals surface area contributed by atoms with Gasteiger partial charge in [-0.05, 0) is 24.3 Å². The average Bonchev–Trinajstić information content (AvgIpc) is 2.48. The van der Waals surface area contributed by atoms with Gasteiger partial charge in [-0.1, -0.05) is 19.1 Å². The number of halogens is 1. The molecule has 1 N–H and O–H groups in total. The maximum Gasteiger partial charge on any atom is 0.269 e. The largest absolute Gasteiger partial charge is 0.352 e. The maximum absolute atomic E-state index is 10.6. The smallest absolute Gasteiger partial charge is 0.269 e. The summed E-state index contributed by atoms with van der Waals surface area (Å²) in [7, 11) is 1.79. The molecule has 22 heavy (non-hydrogen) atoms. The van der Waals surface area contributed by atoms with Crippen LogP contribution >= 0.6 is 24.0 Å². The number of rotatable bonds is 3. The summed E-state index contributed by atoms with van der Waals surface area (Å²) in [5.74, 6) is 1.59. The van der Waals surface area contributed by atoms with Gasteiger partial charge in [0.2, 0.25) is 0 Å². The number of guanidine groups is 1. The van der Waals surface area contributed by atoms with Gasteiger partial charge in [0, 0.05) is 38.8 Å². The number of nitro groups is 1. The predicted octanol–water partition coefficient (Wildman–Crippen LogP) is 3.02. The zero-order valence-electron chi connectivity index (χ0n) is 13.0. The van der Waals surface area contributed by atoms with E-state index in [1.807, 2.05) is 0 Å². The normalized spacial score (nSPS) is 18.5. The first-order valence-electron chi connectivity index (χ1n) is 7.29. The third kappa shape index (κ3) is 5.11. The Morgan fingerprint density at radius 1 is 1.45 bits per heavy atom. The Labute approximate surface area is 148 Å². The Hall–Kier alpha value is -1.38. The Kier molecular flexibility index (Phi) is 7.57. The molecule has 1 aromatic rings. The second-order valence-corrected chi connectivity index (χ2v) is 5.52. The molecule has 0 spiro atoms. The summed E-state index contributed by atoms with van der Waals surface area (Å²) in [4.78, 5) is 16.8. The standard InChI is InChI=1S/C15H22N4O2.HI/c1-12-4-3-9-18(11-12)15(16-2)17-10-13-5-7-14(8-6-13)19(20)21;/h5-8,12H,3-4,9-11H2,1-2H3,(H,16,17);1H. The number of aliphatic imine (C=N–C) groups is 1. The van der Waals surface area contributed by atoms with Crippen molar-refractivity contribution in [3.8, 4) is 0 Å². The molecule has 1 atom stereocenters. The van der Waals surface area contributed by atoms with Crippen molar-refractivity contribution in [2.45, 2.75) is 26.3 Å². The third-order valence-electron chi connectivity index (χ3n) is 3.77. The first-order valence-corrected chi connectivity index (χ1v) is 7.29. The Balaban J connectivity index is 0.00000242. The summed E-state index contributed by atoms with van der Waals surface area (Å²) in [6, 6.07) is 6.61. The summed E-state index contributed by atoms with van der Waals surface area (Å²) in [5, 5.41) is 14.0. The van der Waals surface area contributed by atoms with Crippen LogP contribution in [0.25, 0.3) is 0 Å². The van der Waals surface area contributed by atoms with E-state index in [4.69, 9.17) is 0 Å². The van der Waals surface area contributed by atoms with Gasteiger partial charge in [0.25, 0.3) is 5.69 Å². The second-order valence-electron chi connectivity index (χ2n) is 5.52. The van der Waals surface area contributed by atoms with E-state index in [0.717, 1.165) is 24.6 Å². The van der Waals surface area contributed by atoms with Crippen molar-refractivity contribution in [1.82, 2.24) is 10.2 Å². The molecule has 1 saturated heterocycles. The third-order valence-corrected chi connectivity index (χ3v) is 3.77. The zero-order chi connectivity index (χ0) is 15.2. The Morgan fingerprint density at radius 2 is 2.14 bits per heavy atom. The first kappa shape index (κ1) is 18.7. The average molecular weight is 418 g/mol. The second kappa shape index (κ2) is 8.92. The highest BCUT2D eigenvalue weighted by Crippen LogP contribution is 2.16. The molecule has 0 aromatic heterocycles. The maximum atomic E-state index is 10.6. The number of benzene rings is 1. The number of hydrogen-bond acceptors (Lipinski definition) is 3. The molecule has 1 aliphatic heterocycles. The molecule has 7 heteroatoms. The van der Waals surface area contributed by atoms with Crippen LogP contribution in [0.5, 0.6) is 0 Å². The molecule has 1 aliphatic rings. The number of nitrogens with zero attached hydrogens (tertiary/aromatic N) is 3. The molecule has 2 rings (SSSR count). The summed E-state index contributed by atoms with van der Waals surface area (Å²) in [5.41, 5.74) is 1.12. The molecule has 0 amide bonds. The lowest BCUT2D eigenvalue weighted by Gasteiger charge is -2.33. The molecule has 0 aliphatic carbocycles. The van der Waals surface area contributed by atoms with Crippen molar-refractivity contribution in [3.63, 3.8) is 0 Å². The number of hydrogen-bond donors (Lipinski definition) is 1. The highest BCUT2D eigenvalue weighted by atomic mass is 127. The van der Waals surface area contributed by atoms with Gasteiger partial charge in [0.15, 0.2) is 5.96 Å². The molecule has 0 saturated carbocycles. The minimum absolute atomic E-state index is 0. The Morgan fingerprint density at radius 3 is 2.68 bits per heavy atom. The van der Waals surface area contributed by atoms with E-state index >= 15 is 0 Å². The van der Waals surface area contributed by atoms with Crippen LogP contribution in [0.3, 0.4) is 0 Å². The van der Waals surface area contributed by atoms with Crippen LogP contribution in [-0.2, 0) is 6.54 Å². The van der Waals surface area contributed by atoms with Crippen molar-refractivity contribution in [1.29, 1.82) is 0 Å². The van der Waals surface area contributed by atoms with E-state index in [9.17, 15) is 10.1 Å². The first-order chi connectivity index (χ1) is 10.1. The van der Waals surface area contributed by atoms with Gasteiger partial charge in [0.05, 0.1) is 4.92 Å². The van der Waals surface area contributed by atoms with Crippen LogP contribution in [0.15, 0.2) is 29.3 Å². The van der Waals surface area contributed by atoms with E-state index in [-0.39, 0.29) is 34.6 Å².